The molecule has 4 aliphatic carbocycles. The van der Waals surface area contributed by atoms with E-state index < -0.39 is 46.8 Å². The first-order valence-electron chi connectivity index (χ1n) is 12.1. The van der Waals surface area contributed by atoms with E-state index in [0.717, 1.165) is 6.42 Å². The minimum atomic E-state index is -1.50. The molecule has 0 aromatic carbocycles. The predicted molar refractivity (Wildman–Crippen MR) is 116 cm³/mol. The third-order valence-electron chi connectivity index (χ3n) is 9.63. The van der Waals surface area contributed by atoms with Crippen LogP contribution >= 0.6 is 0 Å². The molecule has 33 heavy (non-hydrogen) atoms. The second-order valence-electron chi connectivity index (χ2n) is 11.2. The summed E-state index contributed by atoms with van der Waals surface area (Å²) in [6, 6.07) is 0. The maximum atomic E-state index is 13.8. The second kappa shape index (κ2) is 8.07. The molecule has 0 amide bonds. The van der Waals surface area contributed by atoms with E-state index in [1.807, 2.05) is 0 Å². The molecule has 0 saturated heterocycles. The molecular weight excluding hydrogens is 428 g/mol. The van der Waals surface area contributed by atoms with E-state index >= 15 is 0 Å². The molecule has 4 fully saturated rings. The molecule has 0 heterocycles. The van der Waals surface area contributed by atoms with Crippen LogP contribution in [0.3, 0.4) is 0 Å². The summed E-state index contributed by atoms with van der Waals surface area (Å²) in [4.78, 5) is 49.9. The van der Waals surface area contributed by atoms with E-state index in [1.54, 1.807) is 6.92 Å². The zero-order valence-corrected chi connectivity index (χ0v) is 20.2. The topological polar surface area (TPSA) is 116 Å². The van der Waals surface area contributed by atoms with Crippen molar-refractivity contribution in [2.75, 3.05) is 7.11 Å². The number of hydrogen-bond acceptors (Lipinski definition) is 8. The number of fused-ring (bicyclic) bond motifs is 5. The molecule has 0 aliphatic heterocycles. The van der Waals surface area contributed by atoms with Crippen LogP contribution in [0.1, 0.15) is 72.6 Å². The van der Waals surface area contributed by atoms with Crippen molar-refractivity contribution < 1.29 is 38.5 Å². The van der Waals surface area contributed by atoms with Crippen LogP contribution in [-0.2, 0) is 33.4 Å². The molecule has 0 radical (unpaired) electrons. The Morgan fingerprint density at radius 2 is 1.67 bits per heavy atom. The first-order chi connectivity index (χ1) is 15.4. The predicted octanol–water partition coefficient (Wildman–Crippen LogP) is 2.59. The lowest BCUT2D eigenvalue weighted by molar-refractivity contribution is -0.235. The third-order valence-corrected chi connectivity index (χ3v) is 9.63. The summed E-state index contributed by atoms with van der Waals surface area (Å²) >= 11 is 0. The summed E-state index contributed by atoms with van der Waals surface area (Å²) < 4.78 is 16.1. The number of Topliss-reactive ketones (excluding diaryl/α,β-unsaturated/α-hetero) is 1. The Bertz CT molecular complexity index is 868. The van der Waals surface area contributed by atoms with Gasteiger partial charge < -0.3 is 19.3 Å². The summed E-state index contributed by atoms with van der Waals surface area (Å²) in [6.07, 6.45) is 2.63. The third kappa shape index (κ3) is 3.43. The van der Waals surface area contributed by atoms with Gasteiger partial charge in [-0.1, -0.05) is 13.8 Å². The molecule has 4 rings (SSSR count). The standard InChI is InChI=1S/C25H36O8/c1-13(26)32-16-8-9-23(3)15(10-16)6-7-17-21(23)19(28)12-24(4)18(22(29)31-5)11-20(25(17,24)30)33-14(2)27/h15-18,20-21,30H,6-12H2,1-5H3/t15-,16-,17-,18-,20+,21-,23+,24-,25+/m1/s1. The van der Waals surface area contributed by atoms with Gasteiger partial charge in [-0.05, 0) is 43.4 Å². The number of rotatable bonds is 3. The molecule has 9 atom stereocenters. The lowest BCUT2D eigenvalue weighted by Gasteiger charge is -2.62. The average molecular weight is 465 g/mol. The van der Waals surface area contributed by atoms with Gasteiger partial charge in [0.25, 0.3) is 0 Å². The lowest BCUT2D eigenvalue weighted by Crippen LogP contribution is -2.68. The van der Waals surface area contributed by atoms with Crippen molar-refractivity contribution in [3.8, 4) is 0 Å². The van der Waals surface area contributed by atoms with Crippen molar-refractivity contribution in [2.45, 2.75) is 90.4 Å². The molecule has 184 valence electrons. The maximum Gasteiger partial charge on any atom is 0.309 e. The summed E-state index contributed by atoms with van der Waals surface area (Å²) in [5, 5.41) is 12.4. The van der Waals surface area contributed by atoms with Crippen LogP contribution in [0.25, 0.3) is 0 Å². The summed E-state index contributed by atoms with van der Waals surface area (Å²) in [5.41, 5.74) is -2.93. The Kier molecular flexibility index (Phi) is 5.91. The number of aliphatic hydroxyl groups is 1. The van der Waals surface area contributed by atoms with Crippen molar-refractivity contribution in [3.63, 3.8) is 0 Å². The monoisotopic (exact) mass is 464 g/mol. The number of carbonyl (C=O) groups is 4. The SMILES string of the molecule is COC(=O)[C@H]1C[C@H](OC(C)=O)[C@@]2(O)[C@@H]3CC[C@@H]4C[C@H](OC(C)=O)CC[C@]4(C)[C@H]3C(=O)C[C@]12C. The van der Waals surface area contributed by atoms with Crippen LogP contribution in [-0.4, -0.2) is 53.7 Å². The van der Waals surface area contributed by atoms with Gasteiger partial charge in [0, 0.05) is 43.9 Å². The molecule has 8 nitrogen and oxygen atoms in total. The Morgan fingerprint density at radius 1 is 1.00 bits per heavy atom. The van der Waals surface area contributed by atoms with Gasteiger partial charge >= 0.3 is 17.9 Å². The van der Waals surface area contributed by atoms with Gasteiger partial charge in [0.05, 0.1) is 13.0 Å². The van der Waals surface area contributed by atoms with E-state index in [-0.39, 0.29) is 42.0 Å². The Hall–Kier alpha value is -1.96. The summed E-state index contributed by atoms with van der Waals surface area (Å²) in [7, 11) is 1.30. The van der Waals surface area contributed by atoms with Crippen LogP contribution in [0.5, 0.6) is 0 Å². The minimum Gasteiger partial charge on any atom is -0.469 e. The Labute approximate surface area is 194 Å². The van der Waals surface area contributed by atoms with Gasteiger partial charge in [-0.25, -0.2) is 0 Å². The molecule has 0 bridgehead atoms. The highest BCUT2D eigenvalue weighted by Crippen LogP contribution is 2.68. The molecule has 0 spiro atoms. The van der Waals surface area contributed by atoms with Crippen LogP contribution < -0.4 is 0 Å². The van der Waals surface area contributed by atoms with Gasteiger partial charge in [-0.3, -0.25) is 19.2 Å². The van der Waals surface area contributed by atoms with E-state index in [9.17, 15) is 24.3 Å². The van der Waals surface area contributed by atoms with Crippen molar-refractivity contribution >= 4 is 23.7 Å². The molecule has 0 unspecified atom stereocenters. The first kappa shape index (κ1) is 24.2. The van der Waals surface area contributed by atoms with Gasteiger partial charge in [0.2, 0.25) is 0 Å². The van der Waals surface area contributed by atoms with Crippen LogP contribution in [0, 0.1) is 34.5 Å². The minimum absolute atomic E-state index is 0.0396. The van der Waals surface area contributed by atoms with E-state index in [4.69, 9.17) is 14.2 Å². The van der Waals surface area contributed by atoms with Crippen LogP contribution in [0.4, 0.5) is 0 Å². The second-order valence-corrected chi connectivity index (χ2v) is 11.2. The number of methoxy groups -OCH3 is 1. The zero-order valence-electron chi connectivity index (χ0n) is 20.2. The fraction of sp³-hybridized carbons (Fsp3) is 0.840. The van der Waals surface area contributed by atoms with Crippen molar-refractivity contribution in [3.05, 3.63) is 0 Å². The number of hydrogen-bond donors (Lipinski definition) is 1. The highest BCUT2D eigenvalue weighted by atomic mass is 16.6. The number of ether oxygens (including phenoxy) is 3. The molecule has 4 saturated carbocycles. The fourth-order valence-corrected chi connectivity index (χ4v) is 8.19. The van der Waals surface area contributed by atoms with Gasteiger partial charge in [-0.15, -0.1) is 0 Å². The first-order valence-corrected chi connectivity index (χ1v) is 12.1. The summed E-state index contributed by atoms with van der Waals surface area (Å²) in [5.74, 6) is -2.60. The number of ketones is 1. The largest absolute Gasteiger partial charge is 0.469 e. The molecule has 0 aromatic rings. The Morgan fingerprint density at radius 3 is 2.27 bits per heavy atom. The number of esters is 3. The maximum absolute atomic E-state index is 13.8. The van der Waals surface area contributed by atoms with Crippen LogP contribution in [0.15, 0.2) is 0 Å². The van der Waals surface area contributed by atoms with Crippen molar-refractivity contribution in [1.29, 1.82) is 0 Å². The van der Waals surface area contributed by atoms with Crippen molar-refractivity contribution in [2.24, 2.45) is 34.5 Å². The highest BCUT2D eigenvalue weighted by Gasteiger charge is 2.75. The van der Waals surface area contributed by atoms with Crippen LogP contribution in [0.2, 0.25) is 0 Å². The molecule has 4 aliphatic rings. The lowest BCUT2D eigenvalue weighted by atomic mass is 9.42. The van der Waals surface area contributed by atoms with E-state index in [0.29, 0.717) is 25.7 Å². The fourth-order valence-electron chi connectivity index (χ4n) is 8.19. The van der Waals surface area contributed by atoms with E-state index in [1.165, 1.54) is 21.0 Å². The van der Waals surface area contributed by atoms with Gasteiger partial charge in [-0.2, -0.15) is 0 Å². The zero-order chi connectivity index (χ0) is 24.3. The molecule has 0 aromatic heterocycles. The van der Waals surface area contributed by atoms with Gasteiger partial charge in [0.15, 0.2) is 0 Å². The van der Waals surface area contributed by atoms with Crippen molar-refractivity contribution in [1.82, 2.24) is 0 Å². The van der Waals surface area contributed by atoms with E-state index in [2.05, 4.69) is 6.92 Å². The number of carbonyl (C=O) groups excluding carboxylic acids is 4. The molecule has 1 N–H and O–H groups in total. The highest BCUT2D eigenvalue weighted by molar-refractivity contribution is 5.87. The summed E-state index contributed by atoms with van der Waals surface area (Å²) in [6.45, 7) is 6.61. The molecule has 8 heteroatoms. The van der Waals surface area contributed by atoms with Gasteiger partial charge in [0.1, 0.15) is 23.6 Å². The smallest absolute Gasteiger partial charge is 0.309 e. The quantitative estimate of drug-likeness (QED) is 0.500. The molecular formula is C25H36O8. The average Bonchev–Trinajstić information content (AvgIpc) is 2.94. The normalized spacial score (nSPS) is 46.4. The Balaban J connectivity index is 1.72.